The van der Waals surface area contributed by atoms with Crippen LogP contribution in [0.5, 0.6) is 0 Å². The quantitative estimate of drug-likeness (QED) is 0.483. The Kier molecular flexibility index (Phi) is 5.48. The first-order valence-corrected chi connectivity index (χ1v) is 9.50. The number of morpholine rings is 1. The fourth-order valence-corrected chi connectivity index (χ4v) is 3.64. The number of ketones is 1. The summed E-state index contributed by atoms with van der Waals surface area (Å²) < 4.78 is 7.56. The zero-order chi connectivity index (χ0) is 18.6. The molecule has 0 atom stereocenters. The van der Waals surface area contributed by atoms with Gasteiger partial charge >= 0.3 is 0 Å². The second-order valence-electron chi connectivity index (χ2n) is 6.62. The average molecular weight is 385 g/mol. The minimum Gasteiger partial charge on any atom is -0.379 e. The number of aromatic nitrogens is 3. The molecule has 27 heavy (non-hydrogen) atoms. The average Bonchev–Trinajstić information content (AvgIpc) is 3.07. The van der Waals surface area contributed by atoms with E-state index in [1.54, 1.807) is 0 Å². The van der Waals surface area contributed by atoms with Gasteiger partial charge in [-0.2, -0.15) is 0 Å². The monoisotopic (exact) mass is 384 g/mol. The summed E-state index contributed by atoms with van der Waals surface area (Å²) in [5, 5.41) is 1.20. The van der Waals surface area contributed by atoms with Crippen molar-refractivity contribution >= 4 is 28.3 Å². The molecule has 4 rings (SSSR count). The van der Waals surface area contributed by atoms with E-state index >= 15 is 0 Å². The number of nitrogens with zero attached hydrogens (tertiary/aromatic N) is 4. The lowest BCUT2D eigenvalue weighted by atomic mass is 10.1. The van der Waals surface area contributed by atoms with Gasteiger partial charge in [-0.25, -0.2) is 9.97 Å². The molecule has 6 nitrogen and oxygen atoms in total. The molecule has 1 fully saturated rings. The third-order valence-electron chi connectivity index (χ3n) is 4.88. The van der Waals surface area contributed by atoms with Crippen LogP contribution in [-0.2, 0) is 11.3 Å². The first kappa shape index (κ1) is 18.1. The van der Waals surface area contributed by atoms with Gasteiger partial charge in [0.2, 0.25) is 5.78 Å². The molecule has 3 aromatic rings. The Hall–Kier alpha value is -2.28. The van der Waals surface area contributed by atoms with Crippen molar-refractivity contribution in [2.45, 2.75) is 13.0 Å². The van der Waals surface area contributed by atoms with Crippen LogP contribution in [0.3, 0.4) is 0 Å². The summed E-state index contributed by atoms with van der Waals surface area (Å²) in [6.07, 6.45) is 4.27. The van der Waals surface area contributed by atoms with E-state index in [0.29, 0.717) is 11.3 Å². The summed E-state index contributed by atoms with van der Waals surface area (Å²) in [5.74, 6) is -0.137. The van der Waals surface area contributed by atoms with E-state index in [-0.39, 0.29) is 10.9 Å². The molecule has 1 saturated heterocycles. The summed E-state index contributed by atoms with van der Waals surface area (Å²) >= 11 is 5.92. The van der Waals surface area contributed by atoms with Crippen LogP contribution < -0.4 is 0 Å². The molecule has 2 aromatic heterocycles. The third kappa shape index (κ3) is 4.03. The predicted molar refractivity (Wildman–Crippen MR) is 104 cm³/mol. The molecule has 0 N–H and O–H groups in total. The molecule has 3 heterocycles. The zero-order valence-corrected chi connectivity index (χ0v) is 15.7. The Bertz CT molecular complexity index is 950. The van der Waals surface area contributed by atoms with Crippen molar-refractivity contribution in [3.8, 4) is 0 Å². The SMILES string of the molecule is O=C(c1cc(Cl)ncn1)c1cn(CCCN2CCOCC2)c2ccccc12. The van der Waals surface area contributed by atoms with Gasteiger partial charge in [0.1, 0.15) is 17.2 Å². The Morgan fingerprint density at radius 3 is 2.78 bits per heavy atom. The molecule has 140 valence electrons. The maximum absolute atomic E-state index is 13.0. The standard InChI is InChI=1S/C20H21ClN4O2/c21-19-12-17(22-14-23-19)20(26)16-13-25(18-5-2-1-4-15(16)18)7-3-6-24-8-10-27-11-9-24/h1-2,4-5,12-14H,3,6-11H2. The van der Waals surface area contributed by atoms with Gasteiger partial charge in [0.15, 0.2) is 0 Å². The van der Waals surface area contributed by atoms with Crippen LogP contribution in [0.4, 0.5) is 0 Å². The molecule has 7 heteroatoms. The highest BCUT2D eigenvalue weighted by Crippen LogP contribution is 2.24. The van der Waals surface area contributed by atoms with Gasteiger partial charge in [-0.05, 0) is 12.5 Å². The van der Waals surface area contributed by atoms with Gasteiger partial charge in [-0.15, -0.1) is 0 Å². The topological polar surface area (TPSA) is 60.2 Å². The molecular weight excluding hydrogens is 364 g/mol. The second-order valence-corrected chi connectivity index (χ2v) is 7.00. The number of hydrogen-bond acceptors (Lipinski definition) is 5. The number of carbonyl (C=O) groups is 1. The van der Waals surface area contributed by atoms with E-state index in [9.17, 15) is 4.79 Å². The minimum atomic E-state index is -0.137. The Morgan fingerprint density at radius 2 is 1.96 bits per heavy atom. The van der Waals surface area contributed by atoms with Crippen LogP contribution in [0, 0.1) is 0 Å². The number of ether oxygens (including phenoxy) is 1. The molecule has 1 aromatic carbocycles. The predicted octanol–water partition coefficient (Wildman–Crippen LogP) is 3.04. The van der Waals surface area contributed by atoms with Gasteiger partial charge in [-0.3, -0.25) is 9.69 Å². The van der Waals surface area contributed by atoms with Crippen molar-refractivity contribution < 1.29 is 9.53 Å². The fourth-order valence-electron chi connectivity index (χ4n) is 3.50. The lowest BCUT2D eigenvalue weighted by molar-refractivity contribution is 0.0369. The largest absolute Gasteiger partial charge is 0.379 e. The number of hydrogen-bond donors (Lipinski definition) is 0. The van der Waals surface area contributed by atoms with Crippen molar-refractivity contribution in [3.63, 3.8) is 0 Å². The molecule has 0 radical (unpaired) electrons. The van der Waals surface area contributed by atoms with E-state index in [2.05, 4.69) is 19.4 Å². The maximum Gasteiger partial charge on any atom is 0.213 e. The van der Waals surface area contributed by atoms with Gasteiger partial charge in [-0.1, -0.05) is 29.8 Å². The molecule has 1 aliphatic heterocycles. The van der Waals surface area contributed by atoms with Crippen molar-refractivity contribution in [3.05, 3.63) is 59.3 Å². The molecule has 0 spiro atoms. The molecular formula is C20H21ClN4O2. The molecule has 1 aliphatic rings. The highest BCUT2D eigenvalue weighted by Gasteiger charge is 2.18. The molecule has 0 bridgehead atoms. The smallest absolute Gasteiger partial charge is 0.213 e. The summed E-state index contributed by atoms with van der Waals surface area (Å²) in [6.45, 7) is 5.49. The highest BCUT2D eigenvalue weighted by atomic mass is 35.5. The van der Waals surface area contributed by atoms with Crippen LogP contribution in [0.1, 0.15) is 22.5 Å². The van der Waals surface area contributed by atoms with Gasteiger partial charge in [0, 0.05) is 54.9 Å². The number of benzene rings is 1. The maximum atomic E-state index is 13.0. The number of halogens is 1. The lowest BCUT2D eigenvalue weighted by Crippen LogP contribution is -2.37. The Labute approximate surface area is 162 Å². The Balaban J connectivity index is 1.56. The zero-order valence-electron chi connectivity index (χ0n) is 15.0. The van der Waals surface area contributed by atoms with E-state index in [4.69, 9.17) is 16.3 Å². The van der Waals surface area contributed by atoms with E-state index in [1.165, 1.54) is 12.4 Å². The summed E-state index contributed by atoms with van der Waals surface area (Å²) in [7, 11) is 0. The van der Waals surface area contributed by atoms with Crippen molar-refractivity contribution in [1.82, 2.24) is 19.4 Å². The summed E-state index contributed by atoms with van der Waals surface area (Å²) in [6, 6.07) is 9.48. The summed E-state index contributed by atoms with van der Waals surface area (Å²) in [5.41, 5.74) is 2.01. The molecule has 0 unspecified atom stereocenters. The highest BCUT2D eigenvalue weighted by molar-refractivity contribution is 6.30. The summed E-state index contributed by atoms with van der Waals surface area (Å²) in [4.78, 5) is 23.3. The fraction of sp³-hybridized carbons (Fsp3) is 0.350. The van der Waals surface area contributed by atoms with E-state index in [1.807, 2.05) is 30.5 Å². The minimum absolute atomic E-state index is 0.137. The van der Waals surface area contributed by atoms with Crippen molar-refractivity contribution in [2.75, 3.05) is 32.8 Å². The second kappa shape index (κ2) is 8.17. The van der Waals surface area contributed by atoms with Gasteiger partial charge in [0.05, 0.1) is 13.2 Å². The van der Waals surface area contributed by atoms with Gasteiger partial charge < -0.3 is 9.30 Å². The lowest BCUT2D eigenvalue weighted by Gasteiger charge is -2.26. The van der Waals surface area contributed by atoms with Crippen LogP contribution in [0.15, 0.2) is 42.9 Å². The first-order valence-electron chi connectivity index (χ1n) is 9.12. The number of fused-ring (bicyclic) bond motifs is 1. The number of rotatable bonds is 6. The van der Waals surface area contributed by atoms with E-state index in [0.717, 1.165) is 56.7 Å². The van der Waals surface area contributed by atoms with Crippen LogP contribution in [0.2, 0.25) is 5.15 Å². The molecule has 0 saturated carbocycles. The van der Waals surface area contributed by atoms with Crippen molar-refractivity contribution in [2.24, 2.45) is 0 Å². The van der Waals surface area contributed by atoms with Crippen LogP contribution >= 0.6 is 11.6 Å². The molecule has 0 amide bonds. The van der Waals surface area contributed by atoms with Crippen LogP contribution in [-0.4, -0.2) is 58.1 Å². The van der Waals surface area contributed by atoms with E-state index < -0.39 is 0 Å². The number of aryl methyl sites for hydroxylation is 1. The Morgan fingerprint density at radius 1 is 1.15 bits per heavy atom. The normalized spacial score (nSPS) is 15.3. The number of para-hydroxylation sites is 1. The van der Waals surface area contributed by atoms with Crippen molar-refractivity contribution in [1.29, 1.82) is 0 Å². The third-order valence-corrected chi connectivity index (χ3v) is 5.08. The molecule has 0 aliphatic carbocycles. The van der Waals surface area contributed by atoms with Crippen LogP contribution in [0.25, 0.3) is 10.9 Å². The first-order chi connectivity index (χ1) is 13.2. The van der Waals surface area contributed by atoms with Gasteiger partial charge in [0.25, 0.3) is 0 Å². The number of carbonyl (C=O) groups excluding carboxylic acids is 1.